The fourth-order valence-corrected chi connectivity index (χ4v) is 0.845. The van der Waals surface area contributed by atoms with Crippen molar-refractivity contribution in [2.24, 2.45) is 0 Å². The highest BCUT2D eigenvalue weighted by Crippen LogP contribution is 2.04. The number of carbonyl (C=O) groups is 2. The first kappa shape index (κ1) is 9.31. The highest BCUT2D eigenvalue weighted by molar-refractivity contribution is 5.93. The number of aromatic carboxylic acids is 1. The van der Waals surface area contributed by atoms with E-state index in [1.807, 2.05) is 0 Å². The number of hydrogen-bond acceptors (Lipinski definition) is 3. The van der Waals surface area contributed by atoms with E-state index in [1.54, 1.807) is 6.92 Å². The molecule has 0 amide bonds. The van der Waals surface area contributed by atoms with Crippen molar-refractivity contribution in [3.8, 4) is 0 Å². The van der Waals surface area contributed by atoms with Crippen LogP contribution in [0.3, 0.4) is 0 Å². The molecule has 1 heterocycles. The number of carboxylic acids is 1. The summed E-state index contributed by atoms with van der Waals surface area (Å²) in [6.45, 7) is 1.94. The largest absolute Gasteiger partial charge is 0.478 e. The van der Waals surface area contributed by atoms with Gasteiger partial charge in [-0.2, -0.15) is 0 Å². The van der Waals surface area contributed by atoms with Crippen LogP contribution in [0.2, 0.25) is 0 Å². The normalized spacial score (nSPS) is 9.62. The minimum Gasteiger partial charge on any atom is -0.478 e. The molecule has 0 aromatic carbocycles. The van der Waals surface area contributed by atoms with Gasteiger partial charge in [0.1, 0.15) is 5.69 Å². The summed E-state index contributed by atoms with van der Waals surface area (Å²) in [6.07, 6.45) is 1.24. The van der Waals surface area contributed by atoms with Gasteiger partial charge < -0.3 is 14.8 Å². The van der Waals surface area contributed by atoms with Gasteiger partial charge in [-0.25, -0.2) is 9.59 Å². The molecule has 0 spiro atoms. The van der Waals surface area contributed by atoms with E-state index in [-0.39, 0.29) is 17.9 Å². The molecule has 0 aliphatic rings. The first-order valence-electron chi connectivity index (χ1n) is 3.74. The van der Waals surface area contributed by atoms with Crippen molar-refractivity contribution in [3.63, 3.8) is 0 Å². The number of aromatic amines is 1. The summed E-state index contributed by atoms with van der Waals surface area (Å²) in [5.74, 6) is -1.62. The van der Waals surface area contributed by atoms with Gasteiger partial charge >= 0.3 is 11.9 Å². The highest BCUT2D eigenvalue weighted by Gasteiger charge is 2.12. The minimum absolute atomic E-state index is 0.0445. The van der Waals surface area contributed by atoms with Gasteiger partial charge in [0, 0.05) is 6.20 Å². The Hall–Kier alpha value is -1.78. The number of hydrogen-bond donors (Lipinski definition) is 2. The SMILES string of the molecule is CCOC(=O)c1cc(C(=O)O)c[nH]1. The van der Waals surface area contributed by atoms with Crippen LogP contribution in [0.15, 0.2) is 12.3 Å². The molecule has 0 fully saturated rings. The van der Waals surface area contributed by atoms with E-state index in [1.165, 1.54) is 12.3 Å². The van der Waals surface area contributed by atoms with Crippen molar-refractivity contribution in [1.82, 2.24) is 4.98 Å². The third-order valence-corrected chi connectivity index (χ3v) is 1.43. The maximum absolute atomic E-state index is 11.0. The second-order valence-electron chi connectivity index (χ2n) is 2.33. The van der Waals surface area contributed by atoms with Crippen LogP contribution in [0.25, 0.3) is 0 Å². The van der Waals surface area contributed by atoms with Gasteiger partial charge in [-0.1, -0.05) is 0 Å². The van der Waals surface area contributed by atoms with Gasteiger partial charge in [0.25, 0.3) is 0 Å². The minimum atomic E-state index is -1.08. The number of ether oxygens (including phenoxy) is 1. The lowest BCUT2D eigenvalue weighted by Gasteiger charge is -1.96. The Labute approximate surface area is 74.3 Å². The number of carboxylic acid groups (broad SMARTS) is 1. The van der Waals surface area contributed by atoms with Crippen molar-refractivity contribution in [2.75, 3.05) is 6.61 Å². The summed E-state index contributed by atoms with van der Waals surface area (Å²) in [4.78, 5) is 24.0. The number of aromatic nitrogens is 1. The van der Waals surface area contributed by atoms with E-state index in [2.05, 4.69) is 9.72 Å². The Balaban J connectivity index is 2.79. The summed E-state index contributed by atoms with van der Waals surface area (Å²) in [6, 6.07) is 1.24. The second kappa shape index (κ2) is 3.75. The molecule has 0 unspecified atom stereocenters. The first-order chi connectivity index (χ1) is 6.15. The molecule has 0 saturated heterocycles. The van der Waals surface area contributed by atoms with Crippen LogP contribution in [0.4, 0.5) is 0 Å². The predicted octanol–water partition coefficient (Wildman–Crippen LogP) is 0.890. The van der Waals surface area contributed by atoms with Crippen LogP contribution in [0, 0.1) is 0 Å². The highest BCUT2D eigenvalue weighted by atomic mass is 16.5. The number of nitrogens with one attached hydrogen (secondary N) is 1. The summed E-state index contributed by atoms with van der Waals surface area (Å²) in [5.41, 5.74) is 0.197. The van der Waals surface area contributed by atoms with E-state index < -0.39 is 11.9 Å². The summed E-state index contributed by atoms with van der Waals surface area (Å²) in [7, 11) is 0. The molecule has 1 rings (SSSR count). The fourth-order valence-electron chi connectivity index (χ4n) is 0.845. The van der Waals surface area contributed by atoms with Gasteiger partial charge in [0.15, 0.2) is 0 Å². The molecule has 0 bridgehead atoms. The molecule has 5 heteroatoms. The molecule has 0 atom stereocenters. The van der Waals surface area contributed by atoms with Crippen LogP contribution in [0.1, 0.15) is 27.8 Å². The second-order valence-corrected chi connectivity index (χ2v) is 2.33. The zero-order valence-electron chi connectivity index (χ0n) is 7.03. The lowest BCUT2D eigenvalue weighted by molar-refractivity contribution is 0.0520. The van der Waals surface area contributed by atoms with Crippen molar-refractivity contribution < 1.29 is 19.4 Å². The maximum atomic E-state index is 11.0. The standard InChI is InChI=1S/C8H9NO4/c1-2-13-8(12)6-3-5(4-9-6)7(10)11/h3-4,9H,2H2,1H3,(H,10,11). The Bertz CT molecular complexity index is 329. The third-order valence-electron chi connectivity index (χ3n) is 1.43. The van der Waals surface area contributed by atoms with Crippen molar-refractivity contribution in [1.29, 1.82) is 0 Å². The van der Waals surface area contributed by atoms with Crippen LogP contribution >= 0.6 is 0 Å². The first-order valence-corrected chi connectivity index (χ1v) is 3.74. The summed E-state index contributed by atoms with van der Waals surface area (Å²) in [5, 5.41) is 8.54. The fraction of sp³-hybridized carbons (Fsp3) is 0.250. The van der Waals surface area contributed by atoms with E-state index >= 15 is 0 Å². The molecule has 0 aliphatic carbocycles. The van der Waals surface area contributed by atoms with Crippen LogP contribution in [-0.4, -0.2) is 28.6 Å². The van der Waals surface area contributed by atoms with Gasteiger partial charge in [0.2, 0.25) is 0 Å². The summed E-state index contributed by atoms with van der Waals surface area (Å²) >= 11 is 0. The number of carbonyl (C=O) groups excluding carboxylic acids is 1. The number of esters is 1. The van der Waals surface area contributed by atoms with Crippen LogP contribution in [0.5, 0.6) is 0 Å². The zero-order valence-corrected chi connectivity index (χ0v) is 7.03. The van der Waals surface area contributed by atoms with E-state index in [9.17, 15) is 9.59 Å². The topological polar surface area (TPSA) is 79.4 Å². The molecule has 1 aromatic heterocycles. The monoisotopic (exact) mass is 183 g/mol. The predicted molar refractivity (Wildman–Crippen MR) is 43.7 cm³/mol. The van der Waals surface area contributed by atoms with E-state index in [4.69, 9.17) is 5.11 Å². The summed E-state index contributed by atoms with van der Waals surface area (Å²) < 4.78 is 4.66. The molecule has 70 valence electrons. The third kappa shape index (κ3) is 2.08. The van der Waals surface area contributed by atoms with Crippen molar-refractivity contribution in [3.05, 3.63) is 23.5 Å². The molecular formula is C8H9NO4. The molecule has 13 heavy (non-hydrogen) atoms. The van der Waals surface area contributed by atoms with Gasteiger partial charge in [-0.3, -0.25) is 0 Å². The lowest BCUT2D eigenvalue weighted by Crippen LogP contribution is -2.04. The van der Waals surface area contributed by atoms with Gasteiger partial charge in [0.05, 0.1) is 12.2 Å². The zero-order chi connectivity index (χ0) is 9.84. The Morgan fingerprint density at radius 2 is 2.31 bits per heavy atom. The van der Waals surface area contributed by atoms with E-state index in [0.717, 1.165) is 0 Å². The molecule has 5 nitrogen and oxygen atoms in total. The van der Waals surface area contributed by atoms with Crippen molar-refractivity contribution in [2.45, 2.75) is 6.92 Å². The van der Waals surface area contributed by atoms with Crippen LogP contribution in [-0.2, 0) is 4.74 Å². The number of H-pyrrole nitrogens is 1. The molecule has 2 N–H and O–H groups in total. The van der Waals surface area contributed by atoms with Crippen molar-refractivity contribution >= 4 is 11.9 Å². The Morgan fingerprint density at radius 1 is 1.62 bits per heavy atom. The van der Waals surface area contributed by atoms with Gasteiger partial charge in [-0.05, 0) is 13.0 Å². The smallest absolute Gasteiger partial charge is 0.354 e. The lowest BCUT2D eigenvalue weighted by atomic mass is 10.3. The average Bonchev–Trinajstić information content (AvgIpc) is 2.52. The molecule has 0 radical (unpaired) electrons. The average molecular weight is 183 g/mol. The molecule has 0 aliphatic heterocycles. The molecule has 1 aromatic rings. The number of rotatable bonds is 3. The molecular weight excluding hydrogens is 174 g/mol. The van der Waals surface area contributed by atoms with Crippen LogP contribution < -0.4 is 0 Å². The Kier molecular flexibility index (Phi) is 2.69. The maximum Gasteiger partial charge on any atom is 0.354 e. The Morgan fingerprint density at radius 3 is 2.77 bits per heavy atom. The molecule has 0 saturated carbocycles. The van der Waals surface area contributed by atoms with E-state index in [0.29, 0.717) is 0 Å². The quantitative estimate of drug-likeness (QED) is 0.682. The van der Waals surface area contributed by atoms with Gasteiger partial charge in [-0.15, -0.1) is 0 Å².